The number of rotatable bonds is 4. The molecule has 2 rings (SSSR count). The summed E-state index contributed by atoms with van der Waals surface area (Å²) in [5.74, 6) is -1.76. The minimum absolute atomic E-state index is 0.0857. The van der Waals surface area contributed by atoms with Gasteiger partial charge < -0.3 is 15.8 Å². The standard InChI is InChI=1S/C16H25N3O5/c1-9-5-15(3,4)8-16(6-9)13(22)19(14(23)18-16)7-11(20)24-10(2)12(17)21/h9-10H,5-8H2,1-4H3,(H2,17,21)(H,18,23). The summed E-state index contributed by atoms with van der Waals surface area (Å²) in [7, 11) is 0. The zero-order valence-corrected chi connectivity index (χ0v) is 14.5. The van der Waals surface area contributed by atoms with Gasteiger partial charge in [0.15, 0.2) is 6.10 Å². The van der Waals surface area contributed by atoms with Crippen LogP contribution in [0.4, 0.5) is 4.79 Å². The second-order valence-electron chi connectivity index (χ2n) is 7.79. The molecule has 1 aliphatic carbocycles. The molecule has 8 heteroatoms. The lowest BCUT2D eigenvalue weighted by Crippen LogP contribution is -2.54. The number of carbonyl (C=O) groups excluding carboxylic acids is 4. The van der Waals surface area contributed by atoms with Crippen LogP contribution in [0.25, 0.3) is 0 Å². The third kappa shape index (κ3) is 3.52. The molecule has 1 heterocycles. The monoisotopic (exact) mass is 339 g/mol. The minimum atomic E-state index is -1.11. The highest BCUT2D eigenvalue weighted by atomic mass is 16.5. The first-order valence-electron chi connectivity index (χ1n) is 8.09. The zero-order chi connectivity index (χ0) is 18.3. The molecular weight excluding hydrogens is 314 g/mol. The van der Waals surface area contributed by atoms with E-state index in [1.165, 1.54) is 6.92 Å². The fraction of sp³-hybridized carbons (Fsp3) is 0.750. The Bertz CT molecular complexity index is 588. The molecule has 1 spiro atoms. The predicted octanol–water partition coefficient (Wildman–Crippen LogP) is 0.540. The van der Waals surface area contributed by atoms with Crippen molar-refractivity contribution < 1.29 is 23.9 Å². The second kappa shape index (κ2) is 6.07. The van der Waals surface area contributed by atoms with Crippen LogP contribution in [-0.2, 0) is 19.1 Å². The van der Waals surface area contributed by atoms with E-state index in [4.69, 9.17) is 10.5 Å². The lowest BCUT2D eigenvalue weighted by molar-refractivity contribution is -0.156. The van der Waals surface area contributed by atoms with E-state index in [2.05, 4.69) is 19.2 Å². The van der Waals surface area contributed by atoms with Gasteiger partial charge in [-0.2, -0.15) is 0 Å². The lowest BCUT2D eigenvalue weighted by Gasteiger charge is -2.43. The summed E-state index contributed by atoms with van der Waals surface area (Å²) >= 11 is 0. The lowest BCUT2D eigenvalue weighted by atomic mass is 9.64. The number of imide groups is 1. The summed E-state index contributed by atoms with van der Waals surface area (Å²) in [5.41, 5.74) is 3.98. The molecule has 24 heavy (non-hydrogen) atoms. The van der Waals surface area contributed by atoms with Crippen LogP contribution in [0.3, 0.4) is 0 Å². The molecule has 1 saturated carbocycles. The van der Waals surface area contributed by atoms with Gasteiger partial charge in [0, 0.05) is 0 Å². The molecule has 1 saturated heterocycles. The molecule has 0 aromatic rings. The van der Waals surface area contributed by atoms with E-state index in [9.17, 15) is 19.2 Å². The van der Waals surface area contributed by atoms with Gasteiger partial charge >= 0.3 is 12.0 Å². The summed E-state index contributed by atoms with van der Waals surface area (Å²) in [6.07, 6.45) is 0.930. The van der Waals surface area contributed by atoms with Crippen LogP contribution in [0.5, 0.6) is 0 Å². The van der Waals surface area contributed by atoms with Crippen molar-refractivity contribution in [2.24, 2.45) is 17.1 Å². The number of hydrogen-bond acceptors (Lipinski definition) is 5. The SMILES string of the molecule is CC1CC(C)(C)CC2(C1)NC(=O)N(CC(=O)OC(C)C(N)=O)C2=O. The second-order valence-corrected chi connectivity index (χ2v) is 7.79. The Hall–Kier alpha value is -2.12. The third-order valence-corrected chi connectivity index (χ3v) is 4.62. The average molecular weight is 339 g/mol. The van der Waals surface area contributed by atoms with Crippen LogP contribution in [0, 0.1) is 11.3 Å². The molecule has 1 aliphatic heterocycles. The van der Waals surface area contributed by atoms with Crippen molar-refractivity contribution in [3.05, 3.63) is 0 Å². The summed E-state index contributed by atoms with van der Waals surface area (Å²) in [4.78, 5) is 48.7. The zero-order valence-electron chi connectivity index (χ0n) is 14.5. The summed E-state index contributed by atoms with van der Waals surface area (Å²) < 4.78 is 4.82. The van der Waals surface area contributed by atoms with E-state index >= 15 is 0 Å². The average Bonchev–Trinajstić information content (AvgIpc) is 2.60. The molecule has 2 fully saturated rings. The maximum Gasteiger partial charge on any atom is 0.327 e. The van der Waals surface area contributed by atoms with Gasteiger partial charge in [-0.3, -0.25) is 19.3 Å². The predicted molar refractivity (Wildman–Crippen MR) is 84.5 cm³/mol. The molecule has 8 nitrogen and oxygen atoms in total. The molecule has 0 radical (unpaired) electrons. The van der Waals surface area contributed by atoms with Crippen LogP contribution in [-0.4, -0.2) is 46.9 Å². The molecule has 2 aliphatic rings. The van der Waals surface area contributed by atoms with Gasteiger partial charge in [0.05, 0.1) is 0 Å². The van der Waals surface area contributed by atoms with Gasteiger partial charge in [0.2, 0.25) is 0 Å². The molecule has 0 aromatic carbocycles. The Kier molecular flexibility index (Phi) is 4.61. The van der Waals surface area contributed by atoms with Crippen molar-refractivity contribution >= 4 is 23.8 Å². The van der Waals surface area contributed by atoms with Gasteiger partial charge in [-0.25, -0.2) is 4.79 Å². The topological polar surface area (TPSA) is 119 Å². The number of carbonyl (C=O) groups is 4. The number of nitrogens with two attached hydrogens (primary N) is 1. The quantitative estimate of drug-likeness (QED) is 0.572. The van der Waals surface area contributed by atoms with Crippen LogP contribution in [0.15, 0.2) is 0 Å². The number of nitrogens with one attached hydrogen (secondary N) is 1. The van der Waals surface area contributed by atoms with Gasteiger partial charge in [0.1, 0.15) is 12.1 Å². The number of ether oxygens (including phenoxy) is 1. The first kappa shape index (κ1) is 18.2. The van der Waals surface area contributed by atoms with Crippen molar-refractivity contribution in [3.63, 3.8) is 0 Å². The molecule has 4 amide bonds. The van der Waals surface area contributed by atoms with Gasteiger partial charge in [-0.15, -0.1) is 0 Å². The van der Waals surface area contributed by atoms with E-state index in [1.54, 1.807) is 0 Å². The number of nitrogens with zero attached hydrogens (tertiary/aromatic N) is 1. The van der Waals surface area contributed by atoms with E-state index in [0.717, 1.165) is 11.3 Å². The Morgan fingerprint density at radius 3 is 2.54 bits per heavy atom. The van der Waals surface area contributed by atoms with Crippen molar-refractivity contribution in [2.45, 2.75) is 58.6 Å². The fourth-order valence-corrected chi connectivity index (χ4v) is 4.07. The van der Waals surface area contributed by atoms with Gasteiger partial charge in [0.25, 0.3) is 11.8 Å². The Morgan fingerprint density at radius 1 is 1.38 bits per heavy atom. The molecule has 3 unspecified atom stereocenters. The third-order valence-electron chi connectivity index (χ3n) is 4.62. The maximum absolute atomic E-state index is 12.8. The highest BCUT2D eigenvalue weighted by Gasteiger charge is 2.56. The number of hydrogen-bond donors (Lipinski definition) is 2. The molecule has 3 N–H and O–H groups in total. The highest BCUT2D eigenvalue weighted by Crippen LogP contribution is 2.46. The van der Waals surface area contributed by atoms with Crippen molar-refractivity contribution in [3.8, 4) is 0 Å². The van der Waals surface area contributed by atoms with E-state index < -0.39 is 42.0 Å². The van der Waals surface area contributed by atoms with Crippen LogP contribution < -0.4 is 11.1 Å². The molecule has 134 valence electrons. The Morgan fingerprint density at radius 2 is 2.00 bits per heavy atom. The molecule has 0 aromatic heterocycles. The van der Waals surface area contributed by atoms with E-state index in [1.807, 2.05) is 6.92 Å². The molecule has 0 bridgehead atoms. The molecular formula is C16H25N3O5. The van der Waals surface area contributed by atoms with Gasteiger partial charge in [-0.1, -0.05) is 20.8 Å². The van der Waals surface area contributed by atoms with Gasteiger partial charge in [-0.05, 0) is 37.5 Å². The summed E-state index contributed by atoms with van der Waals surface area (Å²) in [6.45, 7) is 6.98. The normalized spacial score (nSPS) is 30.2. The smallest absolute Gasteiger partial charge is 0.327 e. The summed E-state index contributed by atoms with van der Waals surface area (Å²) in [5, 5.41) is 2.77. The van der Waals surface area contributed by atoms with E-state index in [-0.39, 0.29) is 11.3 Å². The van der Waals surface area contributed by atoms with E-state index in [0.29, 0.717) is 12.8 Å². The van der Waals surface area contributed by atoms with Crippen LogP contribution >= 0.6 is 0 Å². The maximum atomic E-state index is 12.8. The largest absolute Gasteiger partial charge is 0.451 e. The summed E-state index contributed by atoms with van der Waals surface area (Å²) in [6, 6.07) is -0.603. The van der Waals surface area contributed by atoms with Crippen molar-refractivity contribution in [1.29, 1.82) is 0 Å². The first-order chi connectivity index (χ1) is 11.0. The fourth-order valence-electron chi connectivity index (χ4n) is 4.07. The highest BCUT2D eigenvalue weighted by molar-refractivity contribution is 6.08. The first-order valence-corrected chi connectivity index (χ1v) is 8.09. The number of esters is 1. The van der Waals surface area contributed by atoms with Crippen LogP contribution in [0.2, 0.25) is 0 Å². The number of urea groups is 1. The molecule has 3 atom stereocenters. The van der Waals surface area contributed by atoms with Crippen LogP contribution in [0.1, 0.15) is 47.0 Å². The number of primary amides is 1. The number of amides is 4. The Labute approximate surface area is 141 Å². The Balaban J connectivity index is 2.11. The van der Waals surface area contributed by atoms with Crippen molar-refractivity contribution in [1.82, 2.24) is 10.2 Å². The minimum Gasteiger partial charge on any atom is -0.451 e. The van der Waals surface area contributed by atoms with Crippen molar-refractivity contribution in [2.75, 3.05) is 6.54 Å².